The fourth-order valence-electron chi connectivity index (χ4n) is 2.23. The Hall–Kier alpha value is -1.44. The van der Waals surface area contributed by atoms with Gasteiger partial charge >= 0.3 is 0 Å². The highest BCUT2D eigenvalue weighted by atomic mass is 16.5. The molecule has 0 aliphatic heterocycles. The van der Waals surface area contributed by atoms with E-state index in [2.05, 4.69) is 31.4 Å². The lowest BCUT2D eigenvalue weighted by Crippen LogP contribution is -1.98. The fourth-order valence-corrected chi connectivity index (χ4v) is 2.23. The molecule has 1 aromatic heterocycles. The Bertz CT molecular complexity index is 497. The molecule has 2 rings (SSSR count). The third-order valence-electron chi connectivity index (χ3n) is 3.16. The van der Waals surface area contributed by atoms with E-state index in [1.807, 2.05) is 12.1 Å². The second-order valence-corrected chi connectivity index (χ2v) is 3.81. The number of ether oxygens (including phenoxy) is 1. The number of aryl methyl sites for hydroxylation is 2. The topological polar surface area (TPSA) is 14.2 Å². The summed E-state index contributed by atoms with van der Waals surface area (Å²) in [6.45, 7) is 7.48. The maximum absolute atomic E-state index is 5.42. The van der Waals surface area contributed by atoms with Gasteiger partial charge in [0.15, 0.2) is 0 Å². The second-order valence-electron chi connectivity index (χ2n) is 3.81. The Morgan fingerprint density at radius 3 is 2.60 bits per heavy atom. The number of nitrogens with zero attached hydrogens (tertiary/aromatic N) is 1. The summed E-state index contributed by atoms with van der Waals surface area (Å²) in [5.74, 6) is 0.963. The van der Waals surface area contributed by atoms with E-state index in [-0.39, 0.29) is 0 Å². The molecular formula is C13H17NO. The van der Waals surface area contributed by atoms with Crippen molar-refractivity contribution in [2.45, 2.75) is 27.3 Å². The maximum atomic E-state index is 5.42. The highest BCUT2D eigenvalue weighted by Crippen LogP contribution is 2.31. The van der Waals surface area contributed by atoms with Gasteiger partial charge in [-0.25, -0.2) is 0 Å². The van der Waals surface area contributed by atoms with Crippen LogP contribution in [0.5, 0.6) is 5.75 Å². The Morgan fingerprint density at radius 2 is 2.00 bits per heavy atom. The van der Waals surface area contributed by atoms with Crippen LogP contribution in [-0.4, -0.2) is 11.7 Å². The molecule has 0 aliphatic rings. The predicted molar refractivity (Wildman–Crippen MR) is 63.6 cm³/mol. The summed E-state index contributed by atoms with van der Waals surface area (Å²) in [5, 5.41) is 1.30. The molecule has 2 nitrogen and oxygen atoms in total. The van der Waals surface area contributed by atoms with E-state index in [0.717, 1.165) is 12.3 Å². The number of aromatic nitrogens is 1. The van der Waals surface area contributed by atoms with E-state index < -0.39 is 0 Å². The lowest BCUT2D eigenvalue weighted by molar-refractivity contribution is 0.417. The van der Waals surface area contributed by atoms with Crippen LogP contribution in [0, 0.1) is 13.8 Å². The van der Waals surface area contributed by atoms with Crippen LogP contribution >= 0.6 is 0 Å². The molecule has 0 amide bonds. The van der Waals surface area contributed by atoms with Crippen LogP contribution < -0.4 is 4.74 Å². The van der Waals surface area contributed by atoms with Gasteiger partial charge < -0.3 is 9.30 Å². The predicted octanol–water partition coefficient (Wildman–Crippen LogP) is 3.29. The fraction of sp³-hybridized carbons (Fsp3) is 0.385. The van der Waals surface area contributed by atoms with E-state index in [4.69, 9.17) is 4.74 Å². The Kier molecular flexibility index (Phi) is 2.43. The molecule has 15 heavy (non-hydrogen) atoms. The van der Waals surface area contributed by atoms with E-state index in [1.165, 1.54) is 22.2 Å². The van der Waals surface area contributed by atoms with Crippen LogP contribution in [0.3, 0.4) is 0 Å². The van der Waals surface area contributed by atoms with Gasteiger partial charge in [-0.2, -0.15) is 0 Å². The average Bonchev–Trinajstić information content (AvgIpc) is 2.52. The normalized spacial score (nSPS) is 10.9. The number of para-hydroxylation sites is 1. The monoisotopic (exact) mass is 203 g/mol. The van der Waals surface area contributed by atoms with Gasteiger partial charge in [-0.3, -0.25) is 0 Å². The SMILES string of the molecule is CCn1c(C)c(C)c2cccc(OC)c21. The second kappa shape index (κ2) is 3.61. The molecule has 1 heterocycles. The molecule has 0 saturated heterocycles. The van der Waals surface area contributed by atoms with Crippen molar-refractivity contribution in [2.24, 2.45) is 0 Å². The third kappa shape index (κ3) is 1.32. The standard InChI is InChI=1S/C13H17NO/c1-5-14-10(3)9(2)11-7-6-8-12(15-4)13(11)14/h6-8H,5H2,1-4H3. The van der Waals surface area contributed by atoms with Crippen molar-refractivity contribution in [3.05, 3.63) is 29.5 Å². The molecule has 0 spiro atoms. The molecule has 0 saturated carbocycles. The number of methoxy groups -OCH3 is 1. The van der Waals surface area contributed by atoms with Crippen LogP contribution in [0.1, 0.15) is 18.2 Å². The first-order valence-electron chi connectivity index (χ1n) is 5.33. The maximum Gasteiger partial charge on any atom is 0.143 e. The highest BCUT2D eigenvalue weighted by Gasteiger charge is 2.12. The van der Waals surface area contributed by atoms with Crippen molar-refractivity contribution in [3.63, 3.8) is 0 Å². The quantitative estimate of drug-likeness (QED) is 0.730. The Morgan fingerprint density at radius 1 is 1.27 bits per heavy atom. The van der Waals surface area contributed by atoms with Crippen molar-refractivity contribution >= 4 is 10.9 Å². The van der Waals surface area contributed by atoms with Crippen molar-refractivity contribution < 1.29 is 4.74 Å². The minimum Gasteiger partial charge on any atom is -0.495 e. The first-order chi connectivity index (χ1) is 7.20. The minimum absolute atomic E-state index is 0.963. The van der Waals surface area contributed by atoms with Gasteiger partial charge in [0.25, 0.3) is 0 Å². The number of rotatable bonds is 2. The van der Waals surface area contributed by atoms with Gasteiger partial charge in [-0.15, -0.1) is 0 Å². The van der Waals surface area contributed by atoms with E-state index >= 15 is 0 Å². The van der Waals surface area contributed by atoms with Crippen LogP contribution in [-0.2, 0) is 6.54 Å². The molecule has 1 aromatic carbocycles. The van der Waals surface area contributed by atoms with Gasteiger partial charge in [0.05, 0.1) is 12.6 Å². The van der Waals surface area contributed by atoms with Crippen molar-refractivity contribution in [2.75, 3.05) is 7.11 Å². The van der Waals surface area contributed by atoms with Crippen molar-refractivity contribution in [3.8, 4) is 5.75 Å². The van der Waals surface area contributed by atoms with Crippen LogP contribution in [0.4, 0.5) is 0 Å². The van der Waals surface area contributed by atoms with Crippen molar-refractivity contribution in [1.82, 2.24) is 4.57 Å². The van der Waals surface area contributed by atoms with Crippen LogP contribution in [0.15, 0.2) is 18.2 Å². The number of hydrogen-bond donors (Lipinski definition) is 0. The molecule has 80 valence electrons. The zero-order valence-electron chi connectivity index (χ0n) is 9.79. The van der Waals surface area contributed by atoms with Gasteiger partial charge in [0, 0.05) is 17.6 Å². The lowest BCUT2D eigenvalue weighted by Gasteiger charge is -2.07. The molecule has 0 aliphatic carbocycles. The summed E-state index contributed by atoms with van der Waals surface area (Å²) < 4.78 is 7.73. The average molecular weight is 203 g/mol. The molecule has 0 radical (unpaired) electrons. The summed E-state index contributed by atoms with van der Waals surface area (Å²) in [4.78, 5) is 0. The van der Waals surface area contributed by atoms with E-state index in [9.17, 15) is 0 Å². The first kappa shape index (κ1) is 10.1. The lowest BCUT2D eigenvalue weighted by atomic mass is 10.1. The number of benzene rings is 1. The van der Waals surface area contributed by atoms with Gasteiger partial charge in [-0.05, 0) is 32.4 Å². The van der Waals surface area contributed by atoms with Gasteiger partial charge in [-0.1, -0.05) is 12.1 Å². The zero-order valence-corrected chi connectivity index (χ0v) is 9.79. The van der Waals surface area contributed by atoms with Gasteiger partial charge in [0.1, 0.15) is 5.75 Å². The largest absolute Gasteiger partial charge is 0.495 e. The molecule has 0 atom stereocenters. The third-order valence-corrected chi connectivity index (χ3v) is 3.16. The summed E-state index contributed by atoms with van der Waals surface area (Å²) >= 11 is 0. The Labute approximate surface area is 90.5 Å². The summed E-state index contributed by atoms with van der Waals surface area (Å²) in [6.07, 6.45) is 0. The molecule has 0 unspecified atom stereocenters. The molecule has 0 fully saturated rings. The molecular weight excluding hydrogens is 186 g/mol. The summed E-state index contributed by atoms with van der Waals surface area (Å²) in [7, 11) is 1.73. The van der Waals surface area contributed by atoms with E-state index in [0.29, 0.717) is 0 Å². The van der Waals surface area contributed by atoms with Gasteiger partial charge in [0.2, 0.25) is 0 Å². The van der Waals surface area contributed by atoms with Crippen LogP contribution in [0.2, 0.25) is 0 Å². The highest BCUT2D eigenvalue weighted by molar-refractivity contribution is 5.90. The number of hydrogen-bond acceptors (Lipinski definition) is 1. The first-order valence-corrected chi connectivity index (χ1v) is 5.33. The zero-order chi connectivity index (χ0) is 11.0. The molecule has 0 N–H and O–H groups in total. The summed E-state index contributed by atoms with van der Waals surface area (Å²) in [6, 6.07) is 6.23. The molecule has 2 aromatic rings. The minimum atomic E-state index is 0.963. The molecule has 0 bridgehead atoms. The number of fused-ring (bicyclic) bond motifs is 1. The van der Waals surface area contributed by atoms with Crippen LogP contribution in [0.25, 0.3) is 10.9 Å². The summed E-state index contributed by atoms with van der Waals surface area (Å²) in [5.41, 5.74) is 3.90. The molecule has 2 heteroatoms. The smallest absolute Gasteiger partial charge is 0.143 e. The van der Waals surface area contributed by atoms with E-state index in [1.54, 1.807) is 7.11 Å². The van der Waals surface area contributed by atoms with Crippen molar-refractivity contribution in [1.29, 1.82) is 0 Å². The Balaban J connectivity index is 2.91.